The molecule has 4 saturated heterocycles. The summed E-state index contributed by atoms with van der Waals surface area (Å²) in [6, 6.07) is 0. The van der Waals surface area contributed by atoms with E-state index in [1.807, 2.05) is 41.5 Å². The minimum Gasteiger partial charge on any atom is -0.466 e. The Morgan fingerprint density at radius 2 is 1.32 bits per heavy atom. The third-order valence-corrected chi connectivity index (χ3v) is 16.2. The highest BCUT2D eigenvalue weighted by Gasteiger charge is 2.72. The van der Waals surface area contributed by atoms with Gasteiger partial charge in [0.2, 0.25) is 0 Å². The Hall–Kier alpha value is -1.01. The highest BCUT2D eigenvalue weighted by atomic mass is 16.8. The molecule has 3 unspecified atom stereocenters. The molecule has 57 heavy (non-hydrogen) atoms. The second kappa shape index (κ2) is 15.7. The van der Waals surface area contributed by atoms with Crippen LogP contribution in [0.4, 0.5) is 0 Å². The lowest BCUT2D eigenvalue weighted by atomic mass is 9.42. The van der Waals surface area contributed by atoms with Crippen molar-refractivity contribution in [1.29, 1.82) is 0 Å². The van der Waals surface area contributed by atoms with E-state index in [0.717, 1.165) is 32.1 Å². The monoisotopic (exact) mass is 810 g/mol. The van der Waals surface area contributed by atoms with Crippen molar-refractivity contribution in [1.82, 2.24) is 0 Å². The van der Waals surface area contributed by atoms with Gasteiger partial charge in [-0.05, 0) is 116 Å². The third kappa shape index (κ3) is 7.45. The van der Waals surface area contributed by atoms with Crippen LogP contribution in [0.1, 0.15) is 126 Å². The summed E-state index contributed by atoms with van der Waals surface area (Å²) in [4.78, 5) is 13.0. The van der Waals surface area contributed by atoms with E-state index in [2.05, 4.69) is 6.92 Å². The Morgan fingerprint density at radius 3 is 1.95 bits per heavy atom. The first-order chi connectivity index (χ1) is 26.9. The molecule has 0 bridgehead atoms. The van der Waals surface area contributed by atoms with E-state index in [1.165, 1.54) is 0 Å². The number of carbonyl (C=O) groups is 1. The summed E-state index contributed by atoms with van der Waals surface area (Å²) in [6.45, 7) is 15.8. The summed E-state index contributed by atoms with van der Waals surface area (Å²) in [6.07, 6.45) is -0.520. The van der Waals surface area contributed by atoms with Crippen molar-refractivity contribution in [3.05, 3.63) is 0 Å². The molecule has 4 saturated carbocycles. The zero-order valence-corrected chi connectivity index (χ0v) is 35.2. The molecular formula is C43H70O14. The minimum atomic E-state index is -1.12. The number of esters is 1. The molecule has 0 aromatic heterocycles. The maximum atomic E-state index is 13.0. The summed E-state index contributed by atoms with van der Waals surface area (Å²) >= 11 is 0. The Kier molecular flexibility index (Phi) is 11.8. The van der Waals surface area contributed by atoms with Crippen molar-refractivity contribution in [2.45, 2.75) is 223 Å². The van der Waals surface area contributed by atoms with Crippen LogP contribution < -0.4 is 0 Å². The quantitative estimate of drug-likeness (QED) is 0.203. The van der Waals surface area contributed by atoms with Crippen LogP contribution in [0.3, 0.4) is 0 Å². The SMILES string of the molecule is CCOC(=O)[C@H]1CC[C@]2(O)[C@@H]3CC[C@@H]4C[C@@H](OC5C[C@H](O)[C@H](OC6C[C@H](O)[C@H](OC7C[C@@H]8OC(C)(C)O[C@@H]8[C@@H](C)O7)[C@@H](C)O6)[C@@H](C)O5)CC[C@]4(C)[C@H]3C[C@@H](O)[C@]12C. The van der Waals surface area contributed by atoms with E-state index < -0.39 is 84.3 Å². The van der Waals surface area contributed by atoms with Crippen LogP contribution in [0.5, 0.6) is 0 Å². The first-order valence-electron chi connectivity index (χ1n) is 22.1. The van der Waals surface area contributed by atoms with Crippen molar-refractivity contribution < 1.29 is 67.9 Å². The van der Waals surface area contributed by atoms with Crippen LogP contribution in [-0.2, 0) is 47.4 Å². The predicted octanol–water partition coefficient (Wildman–Crippen LogP) is 4.10. The van der Waals surface area contributed by atoms with E-state index in [1.54, 1.807) is 6.92 Å². The molecule has 14 heteroatoms. The zero-order valence-electron chi connectivity index (χ0n) is 35.2. The van der Waals surface area contributed by atoms with Gasteiger partial charge in [-0.1, -0.05) is 13.8 Å². The van der Waals surface area contributed by atoms with Gasteiger partial charge >= 0.3 is 5.97 Å². The molecule has 4 N–H and O–H groups in total. The Labute approximate surface area is 337 Å². The van der Waals surface area contributed by atoms with E-state index in [-0.39, 0.29) is 67.1 Å². The third-order valence-electron chi connectivity index (χ3n) is 16.2. The lowest BCUT2D eigenvalue weighted by Gasteiger charge is -2.64. The van der Waals surface area contributed by atoms with Gasteiger partial charge in [0.25, 0.3) is 0 Å². The average Bonchev–Trinajstić information content (AvgIpc) is 3.61. The number of ether oxygens (including phenoxy) is 9. The van der Waals surface area contributed by atoms with E-state index in [0.29, 0.717) is 31.6 Å². The van der Waals surface area contributed by atoms with Crippen LogP contribution in [0.25, 0.3) is 0 Å². The van der Waals surface area contributed by atoms with Gasteiger partial charge in [-0.3, -0.25) is 4.79 Å². The summed E-state index contributed by atoms with van der Waals surface area (Å²) in [7, 11) is 0. The maximum absolute atomic E-state index is 13.0. The molecule has 0 spiro atoms. The average molecular weight is 811 g/mol. The molecule has 4 aliphatic heterocycles. The van der Waals surface area contributed by atoms with Gasteiger partial charge in [-0.2, -0.15) is 0 Å². The molecule has 8 rings (SSSR count). The van der Waals surface area contributed by atoms with Crippen LogP contribution in [-0.4, -0.2) is 130 Å². The molecule has 0 aromatic carbocycles. The molecule has 4 heterocycles. The fourth-order valence-corrected chi connectivity index (χ4v) is 13.2. The van der Waals surface area contributed by atoms with Gasteiger partial charge in [0.05, 0.1) is 67.0 Å². The summed E-state index contributed by atoms with van der Waals surface area (Å²) in [5.41, 5.74) is -2.11. The number of carbonyl (C=O) groups excluding carboxylic acids is 1. The van der Waals surface area contributed by atoms with Crippen molar-refractivity contribution >= 4 is 5.97 Å². The smallest absolute Gasteiger partial charge is 0.309 e. The van der Waals surface area contributed by atoms with Gasteiger partial charge in [0.1, 0.15) is 18.3 Å². The Morgan fingerprint density at radius 1 is 0.702 bits per heavy atom. The summed E-state index contributed by atoms with van der Waals surface area (Å²) in [5, 5.41) is 46.7. The molecule has 0 aromatic rings. The molecule has 326 valence electrons. The van der Waals surface area contributed by atoms with Gasteiger partial charge in [-0.15, -0.1) is 0 Å². The second-order valence-corrected chi connectivity index (χ2v) is 19.8. The standard InChI is InChI=1S/C43H70O14/c1-9-49-39(47)27-13-15-43(48)26-11-10-24-16-25(12-14-41(24,7)28(26)17-32(46)42(27,43)8)53-33-18-29(44)36(21(2)50-33)54-34-19-30(45)37(22(3)51-34)55-35-20-31-38(23(4)52-35)57-40(5,6)56-31/h21-38,44-46,48H,9-20H2,1-8H3/t21-,22-,23-,24-,25+,26-,27-,28+,29+,30+,31+,32-,33?,34?,35?,36-,37-,38-,41+,42+,43+/m1/s1. The van der Waals surface area contributed by atoms with Crippen LogP contribution in [0, 0.1) is 34.5 Å². The van der Waals surface area contributed by atoms with Crippen molar-refractivity contribution in [2.24, 2.45) is 34.5 Å². The Balaban J connectivity index is 0.822. The van der Waals surface area contributed by atoms with Gasteiger partial charge < -0.3 is 63.1 Å². The first kappa shape index (κ1) is 42.7. The molecular weight excluding hydrogens is 740 g/mol. The van der Waals surface area contributed by atoms with E-state index in [4.69, 9.17) is 42.6 Å². The van der Waals surface area contributed by atoms with Crippen LogP contribution >= 0.6 is 0 Å². The fraction of sp³-hybridized carbons (Fsp3) is 0.977. The second-order valence-electron chi connectivity index (χ2n) is 19.8. The van der Waals surface area contributed by atoms with Gasteiger partial charge in [0, 0.05) is 24.7 Å². The molecule has 8 aliphatic rings. The topological polar surface area (TPSA) is 181 Å². The minimum absolute atomic E-state index is 0.0159. The number of fused-ring (bicyclic) bond motifs is 6. The number of aliphatic hydroxyl groups excluding tert-OH is 3. The predicted molar refractivity (Wildman–Crippen MR) is 202 cm³/mol. The summed E-state index contributed by atoms with van der Waals surface area (Å²) in [5.74, 6) is -0.982. The lowest BCUT2D eigenvalue weighted by molar-refractivity contribution is -0.334. The fourth-order valence-electron chi connectivity index (χ4n) is 13.2. The zero-order chi connectivity index (χ0) is 40.8. The number of hydrogen-bond donors (Lipinski definition) is 4. The van der Waals surface area contributed by atoms with Crippen molar-refractivity contribution in [3.8, 4) is 0 Å². The molecule has 21 atom stereocenters. The molecule has 14 nitrogen and oxygen atoms in total. The molecule has 0 radical (unpaired) electrons. The molecule has 8 fully saturated rings. The van der Waals surface area contributed by atoms with Gasteiger partial charge in [-0.25, -0.2) is 0 Å². The highest BCUT2D eigenvalue weighted by Crippen LogP contribution is 2.69. The van der Waals surface area contributed by atoms with E-state index >= 15 is 0 Å². The molecule has 0 amide bonds. The Bertz CT molecular complexity index is 1420. The maximum Gasteiger partial charge on any atom is 0.309 e. The number of rotatable bonds is 8. The number of aliphatic hydroxyl groups is 4. The first-order valence-corrected chi connectivity index (χ1v) is 22.1. The lowest BCUT2D eigenvalue weighted by Crippen LogP contribution is -2.67. The van der Waals surface area contributed by atoms with Crippen LogP contribution in [0.2, 0.25) is 0 Å². The van der Waals surface area contributed by atoms with E-state index in [9.17, 15) is 25.2 Å². The largest absolute Gasteiger partial charge is 0.466 e. The van der Waals surface area contributed by atoms with Crippen LogP contribution in [0.15, 0.2) is 0 Å². The number of hydrogen-bond acceptors (Lipinski definition) is 14. The normalized spacial score (nSPS) is 54.6. The molecule has 4 aliphatic carbocycles. The summed E-state index contributed by atoms with van der Waals surface area (Å²) < 4.78 is 55.3. The van der Waals surface area contributed by atoms with Crippen molar-refractivity contribution in [2.75, 3.05) is 6.61 Å². The highest BCUT2D eigenvalue weighted by molar-refractivity contribution is 5.74. The van der Waals surface area contributed by atoms with Crippen molar-refractivity contribution in [3.63, 3.8) is 0 Å². The van der Waals surface area contributed by atoms with Gasteiger partial charge in [0.15, 0.2) is 24.7 Å².